The Labute approximate surface area is 135 Å². The average molecular weight is 306 g/mol. The highest BCUT2D eigenvalue weighted by Gasteiger charge is 2.22. The molecule has 0 aromatic heterocycles. The van der Waals surface area contributed by atoms with Crippen LogP contribution in [0.3, 0.4) is 0 Å². The van der Waals surface area contributed by atoms with E-state index in [9.17, 15) is 9.90 Å². The molecule has 1 amide bonds. The summed E-state index contributed by atoms with van der Waals surface area (Å²) in [6, 6.07) is 18.2. The number of nitriles is 1. The van der Waals surface area contributed by atoms with Crippen LogP contribution in [-0.2, 0) is 10.4 Å². The summed E-state index contributed by atoms with van der Waals surface area (Å²) < 4.78 is 0. The van der Waals surface area contributed by atoms with Gasteiger partial charge >= 0.3 is 0 Å². The Balaban J connectivity index is 1.95. The van der Waals surface area contributed by atoms with Gasteiger partial charge in [-0.05, 0) is 36.3 Å². The van der Waals surface area contributed by atoms with E-state index in [0.29, 0.717) is 5.56 Å². The lowest BCUT2D eigenvalue weighted by molar-refractivity contribution is -0.117. The summed E-state index contributed by atoms with van der Waals surface area (Å²) in [4.78, 5) is 11.9. The van der Waals surface area contributed by atoms with Crippen LogP contribution in [0.25, 0.3) is 6.08 Å². The molecule has 2 N–H and O–H groups in total. The molecule has 0 heterocycles. The molecule has 4 heteroatoms. The summed E-state index contributed by atoms with van der Waals surface area (Å²) in [7, 11) is 0. The van der Waals surface area contributed by atoms with Crippen LogP contribution in [0.1, 0.15) is 23.6 Å². The number of nitrogens with zero attached hydrogens (tertiary/aromatic N) is 1. The number of hydrogen-bond acceptors (Lipinski definition) is 3. The molecule has 1 atom stereocenters. The third-order valence-electron chi connectivity index (χ3n) is 3.45. The fraction of sp³-hybridized carbons (Fsp3) is 0.158. The van der Waals surface area contributed by atoms with E-state index in [0.717, 1.165) is 11.1 Å². The number of carbonyl (C=O) groups is 1. The maximum absolute atomic E-state index is 11.9. The van der Waals surface area contributed by atoms with E-state index in [-0.39, 0.29) is 12.5 Å². The maximum Gasteiger partial charge on any atom is 0.244 e. The first-order valence-electron chi connectivity index (χ1n) is 7.25. The first-order chi connectivity index (χ1) is 11.0. The highest BCUT2D eigenvalue weighted by molar-refractivity contribution is 5.91. The maximum atomic E-state index is 11.9. The van der Waals surface area contributed by atoms with Gasteiger partial charge in [0.1, 0.15) is 5.60 Å². The van der Waals surface area contributed by atoms with Crippen molar-refractivity contribution in [2.75, 3.05) is 6.54 Å². The Morgan fingerprint density at radius 1 is 1.26 bits per heavy atom. The Hall–Kier alpha value is -2.90. The van der Waals surface area contributed by atoms with E-state index >= 15 is 0 Å². The minimum absolute atomic E-state index is 0.110. The number of rotatable bonds is 5. The van der Waals surface area contributed by atoms with Crippen LogP contribution in [-0.4, -0.2) is 17.6 Å². The molecule has 0 unspecified atom stereocenters. The molecule has 4 nitrogen and oxygen atoms in total. The molecule has 0 spiro atoms. The lowest BCUT2D eigenvalue weighted by atomic mass is 9.96. The van der Waals surface area contributed by atoms with Crippen molar-refractivity contribution in [2.45, 2.75) is 12.5 Å². The lowest BCUT2D eigenvalue weighted by Crippen LogP contribution is -2.37. The normalized spacial score (nSPS) is 13.3. The molecular weight excluding hydrogens is 288 g/mol. The molecule has 23 heavy (non-hydrogen) atoms. The molecule has 0 aliphatic heterocycles. The SMILES string of the molecule is C[C@@](O)(CNC(=O)/C=C/c1cccc(C#N)c1)c1ccccc1. The fourth-order valence-corrected chi connectivity index (χ4v) is 2.10. The van der Waals surface area contributed by atoms with Gasteiger partial charge in [0.05, 0.1) is 18.2 Å². The topological polar surface area (TPSA) is 73.1 Å². The van der Waals surface area contributed by atoms with Gasteiger partial charge in [-0.2, -0.15) is 5.26 Å². The number of nitrogens with one attached hydrogen (secondary N) is 1. The van der Waals surface area contributed by atoms with Gasteiger partial charge in [0.25, 0.3) is 0 Å². The minimum Gasteiger partial charge on any atom is -0.384 e. The van der Waals surface area contributed by atoms with Crippen molar-refractivity contribution in [3.05, 3.63) is 77.4 Å². The molecule has 0 bridgehead atoms. The van der Waals surface area contributed by atoms with Gasteiger partial charge in [-0.15, -0.1) is 0 Å². The fourth-order valence-electron chi connectivity index (χ4n) is 2.10. The third kappa shape index (κ3) is 4.80. The number of benzene rings is 2. The Bertz CT molecular complexity index is 743. The monoisotopic (exact) mass is 306 g/mol. The highest BCUT2D eigenvalue weighted by Crippen LogP contribution is 2.18. The largest absolute Gasteiger partial charge is 0.384 e. The molecule has 0 radical (unpaired) electrons. The Kier molecular flexibility index (Phi) is 5.29. The van der Waals surface area contributed by atoms with Crippen LogP contribution in [0.4, 0.5) is 0 Å². The van der Waals surface area contributed by atoms with E-state index < -0.39 is 5.60 Å². The second-order valence-electron chi connectivity index (χ2n) is 5.43. The number of carbonyl (C=O) groups excluding carboxylic acids is 1. The molecule has 0 aliphatic rings. The lowest BCUT2D eigenvalue weighted by Gasteiger charge is -2.23. The molecule has 0 fully saturated rings. The summed E-state index contributed by atoms with van der Waals surface area (Å²) in [5.41, 5.74) is 0.922. The molecular formula is C19H18N2O2. The van der Waals surface area contributed by atoms with Gasteiger partial charge < -0.3 is 10.4 Å². The van der Waals surface area contributed by atoms with Gasteiger partial charge in [-0.1, -0.05) is 42.5 Å². The summed E-state index contributed by atoms with van der Waals surface area (Å²) >= 11 is 0. The van der Waals surface area contributed by atoms with Crippen molar-refractivity contribution in [1.29, 1.82) is 5.26 Å². The molecule has 0 aliphatic carbocycles. The molecule has 0 saturated carbocycles. The highest BCUT2D eigenvalue weighted by atomic mass is 16.3. The second-order valence-corrected chi connectivity index (χ2v) is 5.43. The van der Waals surface area contributed by atoms with E-state index in [1.165, 1.54) is 6.08 Å². The predicted octanol–water partition coefficient (Wildman–Crippen LogP) is 2.60. The Morgan fingerprint density at radius 3 is 2.70 bits per heavy atom. The van der Waals surface area contributed by atoms with Crippen molar-refractivity contribution < 1.29 is 9.90 Å². The molecule has 116 valence electrons. The first kappa shape index (κ1) is 16.5. The van der Waals surface area contributed by atoms with Crippen molar-refractivity contribution in [3.63, 3.8) is 0 Å². The van der Waals surface area contributed by atoms with Gasteiger partial charge in [0, 0.05) is 6.08 Å². The smallest absolute Gasteiger partial charge is 0.244 e. The van der Waals surface area contributed by atoms with Crippen LogP contribution in [0, 0.1) is 11.3 Å². The van der Waals surface area contributed by atoms with Gasteiger partial charge in [-0.25, -0.2) is 0 Å². The summed E-state index contributed by atoms with van der Waals surface area (Å²) in [5, 5.41) is 21.9. The van der Waals surface area contributed by atoms with Crippen LogP contribution < -0.4 is 5.32 Å². The van der Waals surface area contributed by atoms with Crippen molar-refractivity contribution >= 4 is 12.0 Å². The molecule has 2 aromatic rings. The summed E-state index contributed by atoms with van der Waals surface area (Å²) in [6.45, 7) is 1.77. The van der Waals surface area contributed by atoms with E-state index in [1.54, 1.807) is 31.2 Å². The first-order valence-corrected chi connectivity index (χ1v) is 7.25. The zero-order chi connectivity index (χ0) is 16.7. The van der Waals surface area contributed by atoms with Crippen LogP contribution in [0.15, 0.2) is 60.7 Å². The average Bonchev–Trinajstić information content (AvgIpc) is 2.59. The van der Waals surface area contributed by atoms with E-state index in [4.69, 9.17) is 5.26 Å². The summed E-state index contributed by atoms with van der Waals surface area (Å²) in [5.74, 6) is -0.302. The number of hydrogen-bond donors (Lipinski definition) is 2. The van der Waals surface area contributed by atoms with Crippen LogP contribution in [0.2, 0.25) is 0 Å². The number of amides is 1. The molecule has 2 rings (SSSR count). The third-order valence-corrected chi connectivity index (χ3v) is 3.45. The second kappa shape index (κ2) is 7.39. The minimum atomic E-state index is -1.13. The van der Waals surface area contributed by atoms with Crippen molar-refractivity contribution in [3.8, 4) is 6.07 Å². The zero-order valence-electron chi connectivity index (χ0n) is 12.9. The standard InChI is InChI=1S/C19H18N2O2/c1-19(23,17-8-3-2-4-9-17)14-21-18(22)11-10-15-6-5-7-16(12-15)13-20/h2-12,23H,14H2,1H3,(H,21,22)/b11-10+/t19-/m1/s1. The zero-order valence-corrected chi connectivity index (χ0v) is 12.9. The molecule has 0 saturated heterocycles. The van der Waals surface area contributed by atoms with Crippen LogP contribution >= 0.6 is 0 Å². The molecule has 2 aromatic carbocycles. The van der Waals surface area contributed by atoms with Crippen molar-refractivity contribution in [1.82, 2.24) is 5.32 Å². The van der Waals surface area contributed by atoms with Gasteiger partial charge in [0.2, 0.25) is 5.91 Å². The van der Waals surface area contributed by atoms with Gasteiger partial charge in [0.15, 0.2) is 0 Å². The van der Waals surface area contributed by atoms with Crippen LogP contribution in [0.5, 0.6) is 0 Å². The predicted molar refractivity (Wildman–Crippen MR) is 89.2 cm³/mol. The van der Waals surface area contributed by atoms with Crippen molar-refractivity contribution in [2.24, 2.45) is 0 Å². The summed E-state index contributed by atoms with van der Waals surface area (Å²) in [6.07, 6.45) is 3.02. The van der Waals surface area contributed by atoms with Gasteiger partial charge in [-0.3, -0.25) is 4.79 Å². The van der Waals surface area contributed by atoms with E-state index in [1.807, 2.05) is 36.4 Å². The van der Waals surface area contributed by atoms with E-state index in [2.05, 4.69) is 11.4 Å². The number of aliphatic hydroxyl groups is 1. The Morgan fingerprint density at radius 2 is 2.00 bits per heavy atom. The quantitative estimate of drug-likeness (QED) is 0.834.